The minimum Gasteiger partial charge on any atom is -0.487 e. The normalized spacial score (nSPS) is 11.7. The molecule has 2 heterocycles. The van der Waals surface area contributed by atoms with E-state index in [0.717, 1.165) is 23.4 Å². The fourth-order valence-corrected chi connectivity index (χ4v) is 4.52. The van der Waals surface area contributed by atoms with Gasteiger partial charge in [-0.2, -0.15) is 5.10 Å². The van der Waals surface area contributed by atoms with E-state index in [-0.39, 0.29) is 29.9 Å². The Kier molecular flexibility index (Phi) is 9.52. The molecule has 204 valence electrons. The molecule has 1 amide bonds. The molecular formula is C28H30ClIN6O3. The van der Waals surface area contributed by atoms with Crippen LogP contribution in [-0.4, -0.2) is 39.4 Å². The van der Waals surface area contributed by atoms with Crippen molar-refractivity contribution in [2.24, 2.45) is 0 Å². The summed E-state index contributed by atoms with van der Waals surface area (Å²) in [7, 11) is 0. The van der Waals surface area contributed by atoms with Gasteiger partial charge in [0, 0.05) is 36.1 Å². The fourth-order valence-electron chi connectivity index (χ4n) is 3.96. The summed E-state index contributed by atoms with van der Waals surface area (Å²) in [5, 5.41) is 7.76. The van der Waals surface area contributed by atoms with Gasteiger partial charge in [-0.05, 0) is 43.2 Å². The number of hydrogen-bond acceptors (Lipinski definition) is 6. The summed E-state index contributed by atoms with van der Waals surface area (Å²) >= 11 is 8.39. The van der Waals surface area contributed by atoms with E-state index in [4.69, 9.17) is 22.1 Å². The maximum absolute atomic E-state index is 12.9. The van der Waals surface area contributed by atoms with Crippen molar-refractivity contribution in [2.45, 2.75) is 33.0 Å². The van der Waals surface area contributed by atoms with Crippen LogP contribution in [-0.2, 0) is 13.1 Å². The third kappa shape index (κ3) is 7.54. The van der Waals surface area contributed by atoms with Crippen molar-refractivity contribution in [1.82, 2.24) is 19.7 Å². The molecule has 39 heavy (non-hydrogen) atoms. The maximum Gasteiger partial charge on any atom is 0.256 e. The standard InChI is InChI=1S/C28H30ClIN6O3/c1-3-36(30)24-12-11-22(29)14-25(24)39-19(2)15-32-28(38)23-18-35(33-27(23)31)17-21-9-7-20(8-10-21)16-34-13-5-4-6-26(34)37/h4-14,18-19H,3,15-17H2,1-2H3,(H2,31,33)(H,32,38). The van der Waals surface area contributed by atoms with Crippen LogP contribution in [0.4, 0.5) is 11.5 Å². The Morgan fingerprint density at radius 1 is 1.15 bits per heavy atom. The highest BCUT2D eigenvalue weighted by atomic mass is 127. The number of aromatic nitrogens is 3. The van der Waals surface area contributed by atoms with Crippen LogP contribution in [0.5, 0.6) is 5.75 Å². The van der Waals surface area contributed by atoms with Gasteiger partial charge in [0.15, 0.2) is 5.82 Å². The van der Waals surface area contributed by atoms with E-state index in [0.29, 0.717) is 29.4 Å². The third-order valence-corrected chi connectivity index (χ3v) is 7.43. The molecule has 2 aromatic heterocycles. The zero-order valence-electron chi connectivity index (χ0n) is 21.7. The van der Waals surface area contributed by atoms with Gasteiger partial charge in [-0.25, -0.2) is 0 Å². The molecule has 0 spiro atoms. The summed E-state index contributed by atoms with van der Waals surface area (Å²) in [6.07, 6.45) is 3.09. The van der Waals surface area contributed by atoms with Gasteiger partial charge in [0.25, 0.3) is 11.5 Å². The topological polar surface area (TPSA) is 107 Å². The summed E-state index contributed by atoms with van der Waals surface area (Å²) in [5.74, 6) is 0.477. The number of nitrogens with one attached hydrogen (secondary N) is 1. The van der Waals surface area contributed by atoms with Crippen LogP contribution in [0.25, 0.3) is 0 Å². The second-order valence-corrected chi connectivity index (χ2v) is 10.6. The highest BCUT2D eigenvalue weighted by molar-refractivity contribution is 14.1. The van der Waals surface area contributed by atoms with Gasteiger partial charge in [0.05, 0.1) is 48.2 Å². The number of nitrogen functional groups attached to an aromatic ring is 1. The number of amides is 1. The summed E-state index contributed by atoms with van der Waals surface area (Å²) in [4.78, 5) is 24.8. The SMILES string of the molecule is CCN(I)c1ccc(Cl)cc1OC(C)CNC(=O)c1cn(Cc2ccc(Cn3ccccc3=O)cc2)nc1N. The van der Waals surface area contributed by atoms with Crippen LogP contribution in [0.1, 0.15) is 35.3 Å². The first-order chi connectivity index (χ1) is 18.7. The van der Waals surface area contributed by atoms with Crippen molar-refractivity contribution in [2.75, 3.05) is 21.9 Å². The second-order valence-electron chi connectivity index (χ2n) is 9.04. The van der Waals surface area contributed by atoms with Gasteiger partial charge >= 0.3 is 0 Å². The van der Waals surface area contributed by atoms with Crippen molar-refractivity contribution in [1.29, 1.82) is 0 Å². The molecule has 0 aliphatic rings. The molecular weight excluding hydrogens is 631 g/mol. The number of rotatable bonds is 11. The second kappa shape index (κ2) is 13.0. The Morgan fingerprint density at radius 3 is 2.56 bits per heavy atom. The third-order valence-electron chi connectivity index (χ3n) is 5.99. The van der Waals surface area contributed by atoms with Crippen LogP contribution in [0.3, 0.4) is 0 Å². The van der Waals surface area contributed by atoms with Crippen LogP contribution < -0.4 is 24.5 Å². The minimum absolute atomic E-state index is 0.0432. The van der Waals surface area contributed by atoms with Crippen LogP contribution in [0.15, 0.2) is 77.9 Å². The molecule has 0 bridgehead atoms. The Balaban J connectivity index is 1.34. The molecule has 0 saturated carbocycles. The Hall–Kier alpha value is -3.51. The Bertz CT molecular complexity index is 1490. The van der Waals surface area contributed by atoms with Crippen LogP contribution >= 0.6 is 34.5 Å². The number of ether oxygens (including phenoxy) is 1. The zero-order chi connectivity index (χ0) is 27.9. The molecule has 9 nitrogen and oxygen atoms in total. The van der Waals surface area contributed by atoms with Gasteiger partial charge in [-0.1, -0.05) is 41.9 Å². The largest absolute Gasteiger partial charge is 0.487 e. The quantitative estimate of drug-likeness (QED) is 0.178. The van der Waals surface area contributed by atoms with E-state index in [1.165, 1.54) is 0 Å². The summed E-state index contributed by atoms with van der Waals surface area (Å²) in [6.45, 7) is 5.93. The van der Waals surface area contributed by atoms with Crippen molar-refractivity contribution < 1.29 is 9.53 Å². The molecule has 0 aliphatic heterocycles. The smallest absolute Gasteiger partial charge is 0.256 e. The van der Waals surface area contributed by atoms with E-state index in [1.807, 2.05) is 59.4 Å². The average molecular weight is 661 g/mol. The van der Waals surface area contributed by atoms with Crippen LogP contribution in [0, 0.1) is 0 Å². The molecule has 0 radical (unpaired) electrons. The molecule has 0 fully saturated rings. The van der Waals surface area contributed by atoms with E-state index in [2.05, 4.69) is 33.3 Å². The lowest BCUT2D eigenvalue weighted by Crippen LogP contribution is -2.34. The first kappa shape index (κ1) is 28.5. The first-order valence-corrected chi connectivity index (χ1v) is 13.8. The van der Waals surface area contributed by atoms with E-state index in [1.54, 1.807) is 39.8 Å². The first-order valence-electron chi connectivity index (χ1n) is 12.5. The van der Waals surface area contributed by atoms with E-state index >= 15 is 0 Å². The fraction of sp³-hybridized carbons (Fsp3) is 0.250. The molecule has 11 heteroatoms. The number of halogens is 2. The van der Waals surface area contributed by atoms with Crippen molar-refractivity contribution in [3.8, 4) is 5.75 Å². The van der Waals surface area contributed by atoms with E-state index in [9.17, 15) is 9.59 Å². The Labute approximate surface area is 246 Å². The summed E-state index contributed by atoms with van der Waals surface area (Å²) < 4.78 is 11.4. The number of nitrogens with zero attached hydrogens (tertiary/aromatic N) is 4. The molecule has 2 aromatic carbocycles. The predicted molar refractivity (Wildman–Crippen MR) is 163 cm³/mol. The molecule has 1 unspecified atom stereocenters. The summed E-state index contributed by atoms with van der Waals surface area (Å²) in [5.41, 5.74) is 9.22. The van der Waals surface area contributed by atoms with Crippen molar-refractivity contribution in [3.05, 3.63) is 105 Å². The van der Waals surface area contributed by atoms with Gasteiger partial charge in [-0.15, -0.1) is 0 Å². The zero-order valence-corrected chi connectivity index (χ0v) is 24.6. The van der Waals surface area contributed by atoms with Crippen LogP contribution in [0.2, 0.25) is 5.02 Å². The van der Waals surface area contributed by atoms with Gasteiger partial charge in [0.2, 0.25) is 0 Å². The Morgan fingerprint density at radius 2 is 1.87 bits per heavy atom. The van der Waals surface area contributed by atoms with Gasteiger partial charge in [-0.3, -0.25) is 14.3 Å². The maximum atomic E-state index is 12.9. The molecule has 4 aromatic rings. The lowest BCUT2D eigenvalue weighted by Gasteiger charge is -2.22. The minimum atomic E-state index is -0.326. The lowest BCUT2D eigenvalue weighted by atomic mass is 10.1. The number of carbonyl (C=O) groups excluding carboxylic acids is 1. The summed E-state index contributed by atoms with van der Waals surface area (Å²) in [6, 6.07) is 18.5. The molecule has 0 saturated heterocycles. The highest BCUT2D eigenvalue weighted by Crippen LogP contribution is 2.33. The number of pyridine rings is 1. The van der Waals surface area contributed by atoms with Crippen molar-refractivity contribution in [3.63, 3.8) is 0 Å². The van der Waals surface area contributed by atoms with Gasteiger partial charge < -0.3 is 23.5 Å². The lowest BCUT2D eigenvalue weighted by molar-refractivity contribution is 0.0933. The van der Waals surface area contributed by atoms with E-state index < -0.39 is 0 Å². The molecule has 1 atom stereocenters. The monoisotopic (exact) mass is 660 g/mol. The molecule has 0 aliphatic carbocycles. The number of benzene rings is 2. The number of nitrogens with two attached hydrogens (primary N) is 1. The van der Waals surface area contributed by atoms with Crippen molar-refractivity contribution >= 4 is 51.9 Å². The molecule has 3 N–H and O–H groups in total. The number of anilines is 2. The number of carbonyl (C=O) groups is 1. The highest BCUT2D eigenvalue weighted by Gasteiger charge is 2.17. The number of hydrogen-bond donors (Lipinski definition) is 2. The predicted octanol–water partition coefficient (Wildman–Crippen LogP) is 4.75. The van der Waals surface area contributed by atoms with Gasteiger partial charge in [0.1, 0.15) is 17.4 Å². The average Bonchev–Trinajstić information content (AvgIpc) is 3.29. The molecule has 4 rings (SSSR count).